The Bertz CT molecular complexity index is 499. The number of aryl methyl sites for hydroxylation is 1. The highest BCUT2D eigenvalue weighted by Gasteiger charge is 2.42. The summed E-state index contributed by atoms with van der Waals surface area (Å²) in [4.78, 5) is 0. The first-order valence-corrected chi connectivity index (χ1v) is 6.41. The first-order chi connectivity index (χ1) is 9.52. The molecule has 5 atom stereocenters. The van der Waals surface area contributed by atoms with Crippen LogP contribution in [0.5, 0.6) is 0 Å². The van der Waals surface area contributed by atoms with Crippen LogP contribution in [0.25, 0.3) is 0 Å². The summed E-state index contributed by atoms with van der Waals surface area (Å²) < 4.78 is 5.29. The molecule has 2 rings (SSSR count). The molecule has 0 aliphatic carbocycles. The summed E-state index contributed by atoms with van der Waals surface area (Å²) in [6, 6.07) is 7.51. The van der Waals surface area contributed by atoms with Crippen molar-refractivity contribution in [3.63, 3.8) is 0 Å². The summed E-state index contributed by atoms with van der Waals surface area (Å²) in [6.07, 6.45) is -5.94. The number of rotatable bonds is 1. The smallest absolute Gasteiger partial charge is 0.147 e. The lowest BCUT2D eigenvalue weighted by Crippen LogP contribution is -2.58. The molecule has 5 heteroatoms. The Morgan fingerprint density at radius 2 is 1.70 bits per heavy atom. The van der Waals surface area contributed by atoms with Gasteiger partial charge in [-0.05, 0) is 19.1 Å². The van der Waals surface area contributed by atoms with Gasteiger partial charge in [0.05, 0.1) is 6.61 Å². The van der Waals surface area contributed by atoms with Gasteiger partial charge >= 0.3 is 0 Å². The van der Waals surface area contributed by atoms with Crippen molar-refractivity contribution in [3.05, 3.63) is 35.4 Å². The van der Waals surface area contributed by atoms with Crippen LogP contribution < -0.4 is 0 Å². The Morgan fingerprint density at radius 1 is 1.05 bits per heavy atom. The molecule has 0 radical (unpaired) electrons. The fraction of sp³-hybridized carbons (Fsp3) is 0.467. The number of ether oxygens (including phenoxy) is 1. The van der Waals surface area contributed by atoms with Crippen molar-refractivity contribution >= 4 is 0 Å². The number of aliphatic hydroxyl groups excluding tert-OH is 4. The van der Waals surface area contributed by atoms with Crippen LogP contribution in [-0.2, 0) is 4.74 Å². The molecule has 0 bridgehead atoms. The van der Waals surface area contributed by atoms with Crippen molar-refractivity contribution in [1.82, 2.24) is 0 Å². The Labute approximate surface area is 117 Å². The number of benzene rings is 1. The summed E-state index contributed by atoms with van der Waals surface area (Å²) in [6.45, 7) is 1.52. The molecule has 1 saturated heterocycles. The van der Waals surface area contributed by atoms with Crippen LogP contribution >= 0.6 is 0 Å². The molecular formula is C15H18O5. The number of aliphatic hydroxyl groups is 4. The zero-order chi connectivity index (χ0) is 14.7. The first-order valence-electron chi connectivity index (χ1n) is 6.41. The van der Waals surface area contributed by atoms with E-state index in [0.29, 0.717) is 0 Å². The summed E-state index contributed by atoms with van der Waals surface area (Å²) in [5.41, 5.74) is 1.87. The minimum Gasteiger partial charge on any atom is -0.394 e. The average molecular weight is 278 g/mol. The summed E-state index contributed by atoms with van der Waals surface area (Å²) in [5.74, 6) is 5.56. The molecule has 0 aromatic heterocycles. The third kappa shape index (κ3) is 3.18. The van der Waals surface area contributed by atoms with E-state index in [4.69, 9.17) is 9.84 Å². The molecule has 1 aromatic carbocycles. The van der Waals surface area contributed by atoms with Crippen LogP contribution in [0.15, 0.2) is 24.3 Å². The zero-order valence-electron chi connectivity index (χ0n) is 11.1. The van der Waals surface area contributed by atoms with E-state index >= 15 is 0 Å². The maximum absolute atomic E-state index is 9.82. The molecule has 1 aromatic rings. The largest absolute Gasteiger partial charge is 0.394 e. The lowest BCUT2D eigenvalue weighted by atomic mass is 9.95. The maximum atomic E-state index is 9.82. The van der Waals surface area contributed by atoms with Crippen molar-refractivity contribution in [2.24, 2.45) is 0 Å². The van der Waals surface area contributed by atoms with Crippen LogP contribution in [0.3, 0.4) is 0 Å². The van der Waals surface area contributed by atoms with Gasteiger partial charge in [0.2, 0.25) is 0 Å². The molecule has 1 fully saturated rings. The van der Waals surface area contributed by atoms with Crippen LogP contribution in [0.4, 0.5) is 0 Å². The third-order valence-electron chi connectivity index (χ3n) is 3.30. The van der Waals surface area contributed by atoms with Crippen LogP contribution in [0, 0.1) is 18.8 Å². The number of hydrogen-bond donors (Lipinski definition) is 4. The molecule has 4 N–H and O–H groups in total. The molecule has 108 valence electrons. The highest BCUT2D eigenvalue weighted by atomic mass is 16.5. The summed E-state index contributed by atoms with van der Waals surface area (Å²) in [5, 5.41) is 38.2. The van der Waals surface area contributed by atoms with E-state index in [2.05, 4.69) is 11.8 Å². The Hall–Kier alpha value is -1.42. The second-order valence-electron chi connectivity index (χ2n) is 4.88. The van der Waals surface area contributed by atoms with Gasteiger partial charge in [-0.1, -0.05) is 29.5 Å². The molecule has 1 aliphatic heterocycles. The molecule has 5 unspecified atom stereocenters. The quantitative estimate of drug-likeness (QED) is 0.504. The molecule has 0 amide bonds. The molecule has 0 saturated carbocycles. The second kappa shape index (κ2) is 6.35. The standard InChI is InChI=1S/C15H18O5/c1-9-2-4-10(5-3-9)6-7-11-13(17)15(19)14(18)12(8-16)20-11/h2-5,11-19H,8H2,1H3. The summed E-state index contributed by atoms with van der Waals surface area (Å²) in [7, 11) is 0. The zero-order valence-corrected chi connectivity index (χ0v) is 11.1. The minimum absolute atomic E-state index is 0.451. The minimum atomic E-state index is -1.39. The lowest BCUT2D eigenvalue weighted by Gasteiger charge is -2.37. The van der Waals surface area contributed by atoms with Gasteiger partial charge < -0.3 is 25.2 Å². The lowest BCUT2D eigenvalue weighted by molar-refractivity contribution is -0.214. The van der Waals surface area contributed by atoms with Gasteiger partial charge in [0.1, 0.15) is 30.5 Å². The topological polar surface area (TPSA) is 90.2 Å². The highest BCUT2D eigenvalue weighted by Crippen LogP contribution is 2.20. The summed E-state index contributed by atoms with van der Waals surface area (Å²) >= 11 is 0. The molecule has 20 heavy (non-hydrogen) atoms. The molecule has 1 heterocycles. The van der Waals surface area contributed by atoms with Gasteiger partial charge in [0, 0.05) is 5.56 Å². The monoisotopic (exact) mass is 278 g/mol. The van der Waals surface area contributed by atoms with Crippen molar-refractivity contribution in [2.45, 2.75) is 37.4 Å². The Balaban J connectivity index is 2.14. The van der Waals surface area contributed by atoms with E-state index < -0.39 is 37.1 Å². The normalized spacial score (nSPS) is 33.4. The molecule has 1 aliphatic rings. The van der Waals surface area contributed by atoms with Crippen LogP contribution in [0.1, 0.15) is 11.1 Å². The molecular weight excluding hydrogens is 260 g/mol. The molecule has 5 nitrogen and oxygen atoms in total. The van der Waals surface area contributed by atoms with Crippen molar-refractivity contribution < 1.29 is 25.2 Å². The Kier molecular flexibility index (Phi) is 4.76. The molecule has 0 spiro atoms. The maximum Gasteiger partial charge on any atom is 0.147 e. The van der Waals surface area contributed by atoms with Crippen molar-refractivity contribution in [2.75, 3.05) is 6.61 Å². The Morgan fingerprint density at radius 3 is 2.30 bits per heavy atom. The van der Waals surface area contributed by atoms with Gasteiger partial charge in [-0.25, -0.2) is 0 Å². The van der Waals surface area contributed by atoms with Gasteiger partial charge in [-0.2, -0.15) is 0 Å². The van der Waals surface area contributed by atoms with Gasteiger partial charge in [-0.3, -0.25) is 0 Å². The predicted molar refractivity (Wildman–Crippen MR) is 71.8 cm³/mol. The number of hydrogen-bond acceptors (Lipinski definition) is 5. The second-order valence-corrected chi connectivity index (χ2v) is 4.88. The van der Waals surface area contributed by atoms with Gasteiger partial charge in [0.25, 0.3) is 0 Å². The van der Waals surface area contributed by atoms with Crippen molar-refractivity contribution in [3.8, 4) is 11.8 Å². The van der Waals surface area contributed by atoms with E-state index in [1.165, 1.54) is 0 Å². The van der Waals surface area contributed by atoms with Gasteiger partial charge in [0.15, 0.2) is 0 Å². The predicted octanol–water partition coefficient (Wildman–Crippen LogP) is -0.811. The van der Waals surface area contributed by atoms with E-state index in [-0.39, 0.29) is 0 Å². The van der Waals surface area contributed by atoms with Crippen LogP contribution in [0.2, 0.25) is 0 Å². The van der Waals surface area contributed by atoms with Gasteiger partial charge in [-0.15, -0.1) is 0 Å². The average Bonchev–Trinajstić information content (AvgIpc) is 2.46. The third-order valence-corrected chi connectivity index (χ3v) is 3.30. The van der Waals surface area contributed by atoms with E-state index in [1.54, 1.807) is 0 Å². The van der Waals surface area contributed by atoms with Crippen molar-refractivity contribution in [1.29, 1.82) is 0 Å². The van der Waals surface area contributed by atoms with E-state index in [1.807, 2.05) is 31.2 Å². The van der Waals surface area contributed by atoms with E-state index in [9.17, 15) is 15.3 Å². The van der Waals surface area contributed by atoms with Crippen LogP contribution in [-0.4, -0.2) is 57.6 Å². The van der Waals surface area contributed by atoms with E-state index in [0.717, 1.165) is 11.1 Å². The first kappa shape index (κ1) is 15.0. The fourth-order valence-corrected chi connectivity index (χ4v) is 2.01. The SMILES string of the molecule is Cc1ccc(C#CC2OC(CO)C(O)C(O)C2O)cc1. The highest BCUT2D eigenvalue weighted by molar-refractivity contribution is 5.37. The fourth-order valence-electron chi connectivity index (χ4n) is 2.01.